The van der Waals surface area contributed by atoms with Crippen LogP contribution in [0.4, 0.5) is 0 Å². The van der Waals surface area contributed by atoms with Crippen LogP contribution in [0.3, 0.4) is 0 Å². The van der Waals surface area contributed by atoms with E-state index < -0.39 is 6.10 Å². The molecule has 6 nitrogen and oxygen atoms in total. The van der Waals surface area contributed by atoms with Crippen molar-refractivity contribution in [1.29, 1.82) is 0 Å². The summed E-state index contributed by atoms with van der Waals surface area (Å²) in [6.45, 7) is 6.46. The Morgan fingerprint density at radius 2 is 0.600 bits per heavy atom. The molecule has 1 atom stereocenters. The average Bonchev–Trinajstić information content (AvgIpc) is 3.24. The molecule has 0 aliphatic carbocycles. The lowest BCUT2D eigenvalue weighted by molar-refractivity contribution is -0.167. The van der Waals surface area contributed by atoms with Gasteiger partial charge in [-0.1, -0.05) is 164 Å². The summed E-state index contributed by atoms with van der Waals surface area (Å²) in [5, 5.41) is 0. The van der Waals surface area contributed by atoms with E-state index in [1.165, 1.54) is 83.5 Å². The van der Waals surface area contributed by atoms with Gasteiger partial charge in [-0.15, -0.1) is 0 Å². The van der Waals surface area contributed by atoms with E-state index in [1.807, 2.05) is 0 Å². The topological polar surface area (TPSA) is 78.9 Å². The van der Waals surface area contributed by atoms with Crippen LogP contribution in [0.15, 0.2) is 85.1 Å². The first-order valence-electron chi connectivity index (χ1n) is 24.6. The Bertz CT molecular complexity index is 1190. The van der Waals surface area contributed by atoms with Crippen molar-refractivity contribution in [3.8, 4) is 0 Å². The van der Waals surface area contributed by atoms with E-state index in [0.29, 0.717) is 19.3 Å². The fourth-order valence-corrected chi connectivity index (χ4v) is 6.33. The molecule has 6 heteroatoms. The monoisotopic (exact) mass is 835 g/mol. The predicted molar refractivity (Wildman–Crippen MR) is 256 cm³/mol. The van der Waals surface area contributed by atoms with Gasteiger partial charge in [-0.3, -0.25) is 14.4 Å². The lowest BCUT2D eigenvalue weighted by Crippen LogP contribution is -2.30. The minimum atomic E-state index is -0.814. The molecule has 0 saturated heterocycles. The quantitative estimate of drug-likeness (QED) is 0.0263. The molecule has 0 aromatic rings. The molecule has 60 heavy (non-hydrogen) atoms. The molecule has 0 bridgehead atoms. The zero-order chi connectivity index (χ0) is 43.7. The standard InChI is InChI=1S/C54H90O6/c1-4-7-10-13-16-19-22-25-27-29-32-35-38-41-44-47-53(56)59-50-51(49-58-52(55)46-43-40-37-34-31-24-21-18-15-12-9-6-3)60-54(57)48-45-42-39-36-33-30-28-26-23-20-17-14-11-8-5-2/h16-21,25-28,32-33,35-36,51H,4-15,22-24,29-31,34,37-50H2,1-3H3/b19-16-,20-17-,21-18-,27-25-,28-26-,35-32-,36-33-/t51-/m1/s1. The van der Waals surface area contributed by atoms with Crippen LogP contribution in [-0.4, -0.2) is 37.2 Å². The molecule has 0 aromatic heterocycles. The number of carbonyl (C=O) groups excluding carboxylic acids is 3. The highest BCUT2D eigenvalue weighted by Crippen LogP contribution is 2.12. The van der Waals surface area contributed by atoms with E-state index in [1.54, 1.807) is 0 Å². The molecule has 0 saturated carbocycles. The van der Waals surface area contributed by atoms with E-state index >= 15 is 0 Å². The van der Waals surface area contributed by atoms with Gasteiger partial charge in [0.2, 0.25) is 0 Å². The Morgan fingerprint density at radius 1 is 0.333 bits per heavy atom. The number of carbonyl (C=O) groups is 3. The van der Waals surface area contributed by atoms with Gasteiger partial charge in [0.15, 0.2) is 6.10 Å². The van der Waals surface area contributed by atoms with Crippen molar-refractivity contribution in [3.63, 3.8) is 0 Å². The van der Waals surface area contributed by atoms with Gasteiger partial charge in [0.05, 0.1) is 0 Å². The largest absolute Gasteiger partial charge is 0.462 e. The molecule has 0 aliphatic heterocycles. The molecule has 0 spiro atoms. The van der Waals surface area contributed by atoms with E-state index in [2.05, 4.69) is 106 Å². The van der Waals surface area contributed by atoms with E-state index in [4.69, 9.17) is 14.2 Å². The van der Waals surface area contributed by atoms with Crippen LogP contribution in [0.2, 0.25) is 0 Å². The summed E-state index contributed by atoms with van der Waals surface area (Å²) in [6, 6.07) is 0. The van der Waals surface area contributed by atoms with Gasteiger partial charge in [0.25, 0.3) is 0 Å². The molecule has 0 rings (SSSR count). The van der Waals surface area contributed by atoms with Gasteiger partial charge in [0.1, 0.15) is 13.2 Å². The van der Waals surface area contributed by atoms with Crippen LogP contribution in [0.5, 0.6) is 0 Å². The number of unbranched alkanes of at least 4 members (excludes halogenated alkanes) is 18. The minimum absolute atomic E-state index is 0.109. The smallest absolute Gasteiger partial charge is 0.306 e. The average molecular weight is 835 g/mol. The number of hydrogen-bond acceptors (Lipinski definition) is 6. The van der Waals surface area contributed by atoms with E-state index in [9.17, 15) is 14.4 Å². The second-order valence-corrected chi connectivity index (χ2v) is 16.0. The molecule has 0 N–H and O–H groups in total. The Labute approximate surface area is 369 Å². The third-order valence-corrected chi connectivity index (χ3v) is 10.1. The number of allylic oxidation sites excluding steroid dienone is 14. The fraction of sp³-hybridized carbons (Fsp3) is 0.685. The summed E-state index contributed by atoms with van der Waals surface area (Å²) in [4.78, 5) is 37.8. The molecular formula is C54H90O6. The Morgan fingerprint density at radius 3 is 0.983 bits per heavy atom. The number of rotatable bonds is 43. The third-order valence-electron chi connectivity index (χ3n) is 10.1. The summed E-state index contributed by atoms with van der Waals surface area (Å²) >= 11 is 0. The lowest BCUT2D eigenvalue weighted by Gasteiger charge is -2.18. The molecule has 0 amide bonds. The number of esters is 3. The van der Waals surface area contributed by atoms with Crippen molar-refractivity contribution in [2.75, 3.05) is 13.2 Å². The zero-order valence-corrected chi connectivity index (χ0v) is 38.9. The van der Waals surface area contributed by atoms with Crippen molar-refractivity contribution in [2.45, 2.75) is 226 Å². The summed E-state index contributed by atoms with van der Waals surface area (Å²) in [7, 11) is 0. The highest BCUT2D eigenvalue weighted by Gasteiger charge is 2.19. The molecular weight excluding hydrogens is 745 g/mol. The Hall–Kier alpha value is -3.41. The molecule has 342 valence electrons. The van der Waals surface area contributed by atoms with Crippen LogP contribution in [-0.2, 0) is 28.6 Å². The van der Waals surface area contributed by atoms with Crippen LogP contribution < -0.4 is 0 Å². The van der Waals surface area contributed by atoms with Crippen LogP contribution in [0.25, 0.3) is 0 Å². The van der Waals surface area contributed by atoms with Crippen LogP contribution in [0, 0.1) is 0 Å². The van der Waals surface area contributed by atoms with E-state index in [0.717, 1.165) is 89.9 Å². The van der Waals surface area contributed by atoms with Gasteiger partial charge >= 0.3 is 17.9 Å². The Balaban J connectivity index is 4.54. The zero-order valence-electron chi connectivity index (χ0n) is 38.9. The molecule has 0 heterocycles. The van der Waals surface area contributed by atoms with Crippen molar-refractivity contribution >= 4 is 17.9 Å². The van der Waals surface area contributed by atoms with Crippen LogP contribution >= 0.6 is 0 Å². The van der Waals surface area contributed by atoms with Gasteiger partial charge in [0, 0.05) is 19.3 Å². The highest BCUT2D eigenvalue weighted by atomic mass is 16.6. The first kappa shape index (κ1) is 56.6. The number of ether oxygens (including phenoxy) is 3. The maximum atomic E-state index is 12.7. The predicted octanol–water partition coefficient (Wildman–Crippen LogP) is 16.0. The van der Waals surface area contributed by atoms with Gasteiger partial charge in [-0.05, 0) is 122 Å². The SMILES string of the molecule is CCCCC/C=C\C/C=C\C/C=C\CCCCC(=O)OC[C@@H](COC(=O)CCCCCCC/C=C\CCCCC)OC(=O)CCCC/C=C\C/C=C\C/C=C\CCCCC. The maximum Gasteiger partial charge on any atom is 0.306 e. The second kappa shape index (κ2) is 48.3. The summed E-state index contributed by atoms with van der Waals surface area (Å²) in [5.74, 6) is -1.00. The van der Waals surface area contributed by atoms with Crippen molar-refractivity contribution in [2.24, 2.45) is 0 Å². The summed E-state index contributed by atoms with van der Waals surface area (Å²) in [5.41, 5.74) is 0. The lowest BCUT2D eigenvalue weighted by atomic mass is 10.1. The normalized spacial score (nSPS) is 12.8. The molecule has 0 fully saturated rings. The summed E-state index contributed by atoms with van der Waals surface area (Å²) in [6.07, 6.45) is 61.3. The molecule has 0 aliphatic rings. The van der Waals surface area contributed by atoms with Gasteiger partial charge < -0.3 is 14.2 Å². The van der Waals surface area contributed by atoms with Crippen LogP contribution in [0.1, 0.15) is 220 Å². The minimum Gasteiger partial charge on any atom is -0.462 e. The summed E-state index contributed by atoms with van der Waals surface area (Å²) < 4.78 is 16.7. The highest BCUT2D eigenvalue weighted by molar-refractivity contribution is 5.71. The van der Waals surface area contributed by atoms with E-state index in [-0.39, 0.29) is 37.5 Å². The fourth-order valence-electron chi connectivity index (χ4n) is 6.33. The number of hydrogen-bond donors (Lipinski definition) is 0. The third kappa shape index (κ3) is 45.7. The van der Waals surface area contributed by atoms with Crippen molar-refractivity contribution in [1.82, 2.24) is 0 Å². The molecule has 0 aromatic carbocycles. The second-order valence-electron chi connectivity index (χ2n) is 16.0. The maximum absolute atomic E-state index is 12.7. The Kier molecular flexibility index (Phi) is 45.5. The van der Waals surface area contributed by atoms with Gasteiger partial charge in [-0.2, -0.15) is 0 Å². The first-order valence-corrected chi connectivity index (χ1v) is 24.6. The van der Waals surface area contributed by atoms with Crippen molar-refractivity contribution < 1.29 is 28.6 Å². The first-order chi connectivity index (χ1) is 29.5. The van der Waals surface area contributed by atoms with Crippen molar-refractivity contribution in [3.05, 3.63) is 85.1 Å². The molecule has 0 radical (unpaired) electrons. The van der Waals surface area contributed by atoms with Gasteiger partial charge in [-0.25, -0.2) is 0 Å². The molecule has 0 unspecified atom stereocenters.